The predicted octanol–water partition coefficient (Wildman–Crippen LogP) is 5.01. The third-order valence-electron chi connectivity index (χ3n) is 7.10. The van der Waals surface area contributed by atoms with Crippen molar-refractivity contribution in [2.24, 2.45) is 11.8 Å². The summed E-state index contributed by atoms with van der Waals surface area (Å²) in [5.74, 6) is -0.222. The van der Waals surface area contributed by atoms with Crippen molar-refractivity contribution in [2.45, 2.75) is 38.6 Å². The summed E-state index contributed by atoms with van der Waals surface area (Å²) in [7, 11) is 4.45. The first kappa shape index (κ1) is 25.9. The van der Waals surface area contributed by atoms with Crippen LogP contribution in [0.5, 0.6) is 0 Å². The molecule has 36 heavy (non-hydrogen) atoms. The van der Waals surface area contributed by atoms with Gasteiger partial charge in [0, 0.05) is 36.5 Å². The van der Waals surface area contributed by atoms with Crippen molar-refractivity contribution in [1.82, 2.24) is 0 Å². The Morgan fingerprint density at radius 2 is 1.67 bits per heavy atom. The van der Waals surface area contributed by atoms with Crippen molar-refractivity contribution < 1.29 is 33.0 Å². The molecular weight excluding hydrogens is 462 g/mol. The van der Waals surface area contributed by atoms with Crippen LogP contribution in [0.25, 0.3) is 21.9 Å². The molecule has 8 heteroatoms. The van der Waals surface area contributed by atoms with E-state index in [4.69, 9.17) is 18.6 Å². The molecule has 1 amide bonds. The maximum Gasteiger partial charge on any atom is 0.340 e. The van der Waals surface area contributed by atoms with Crippen molar-refractivity contribution in [3.63, 3.8) is 0 Å². The summed E-state index contributed by atoms with van der Waals surface area (Å²) in [5, 5.41) is 1.42. The minimum absolute atomic E-state index is 0.0631. The maximum atomic E-state index is 14.1. The molecule has 0 radical (unpaired) electrons. The molecule has 1 saturated carbocycles. The number of amides is 1. The number of aldehydes is 1. The van der Waals surface area contributed by atoms with E-state index < -0.39 is 12.0 Å². The first-order chi connectivity index (χ1) is 17.4. The fraction of sp³-hybridized carbons (Fsp3) is 0.464. The lowest BCUT2D eigenvalue weighted by Crippen LogP contribution is -2.49. The predicted molar refractivity (Wildman–Crippen MR) is 137 cm³/mol. The van der Waals surface area contributed by atoms with Gasteiger partial charge in [0.2, 0.25) is 5.91 Å². The standard InChI is InChI=1S/C28H33NO7/c1-17-5-8-19(9-6-17)27(31)29(20(15-33-2)16-34-3)24-12-22-21-11-18(14-30)7-10-25(21)36-26(22)13-23(24)28(32)35-4/h7,10-14,17,19-20H,5-6,8-9,15-16H2,1-4H3/t17-,19-. The Hall–Kier alpha value is -3.23. The van der Waals surface area contributed by atoms with Gasteiger partial charge in [-0.1, -0.05) is 6.92 Å². The fourth-order valence-electron chi connectivity index (χ4n) is 5.16. The number of methoxy groups -OCH3 is 3. The summed E-state index contributed by atoms with van der Waals surface area (Å²) in [5.41, 5.74) is 2.18. The molecule has 3 aromatic rings. The zero-order chi connectivity index (χ0) is 25.8. The number of ether oxygens (including phenoxy) is 3. The number of carbonyl (C=O) groups excluding carboxylic acids is 3. The Labute approximate surface area is 210 Å². The lowest BCUT2D eigenvalue weighted by Gasteiger charge is -2.36. The molecule has 0 bridgehead atoms. The van der Waals surface area contributed by atoms with E-state index in [1.54, 1.807) is 49.5 Å². The van der Waals surface area contributed by atoms with Gasteiger partial charge in [-0.25, -0.2) is 4.79 Å². The Balaban J connectivity index is 1.94. The second kappa shape index (κ2) is 11.2. The number of rotatable bonds is 9. The topological polar surface area (TPSA) is 95.3 Å². The number of nitrogens with zero attached hydrogens (tertiary/aromatic N) is 1. The van der Waals surface area contributed by atoms with Crippen LogP contribution in [-0.2, 0) is 19.0 Å². The molecular formula is C28H33NO7. The molecule has 8 nitrogen and oxygen atoms in total. The molecule has 0 saturated heterocycles. The van der Waals surface area contributed by atoms with Gasteiger partial charge in [-0.05, 0) is 61.9 Å². The number of esters is 1. The van der Waals surface area contributed by atoms with Crippen LogP contribution in [0.3, 0.4) is 0 Å². The summed E-state index contributed by atoms with van der Waals surface area (Å²) >= 11 is 0. The van der Waals surface area contributed by atoms with Crippen LogP contribution in [0, 0.1) is 11.8 Å². The summed E-state index contributed by atoms with van der Waals surface area (Å²) in [6, 6.07) is 8.07. The van der Waals surface area contributed by atoms with Gasteiger partial charge in [0.25, 0.3) is 0 Å². The van der Waals surface area contributed by atoms with Crippen LogP contribution < -0.4 is 4.90 Å². The highest BCUT2D eigenvalue weighted by molar-refractivity contribution is 6.13. The molecule has 0 aliphatic heterocycles. The smallest absolute Gasteiger partial charge is 0.340 e. The van der Waals surface area contributed by atoms with Crippen LogP contribution in [0.15, 0.2) is 34.7 Å². The number of benzene rings is 2. The van der Waals surface area contributed by atoms with Gasteiger partial charge in [-0.3, -0.25) is 9.59 Å². The minimum atomic E-state index is -0.579. The Kier molecular flexibility index (Phi) is 8.06. The van der Waals surface area contributed by atoms with Gasteiger partial charge >= 0.3 is 5.97 Å². The maximum absolute atomic E-state index is 14.1. The van der Waals surface area contributed by atoms with Crippen LogP contribution in [0.1, 0.15) is 53.3 Å². The number of furan rings is 1. The average molecular weight is 496 g/mol. The van der Waals surface area contributed by atoms with Gasteiger partial charge < -0.3 is 23.5 Å². The molecule has 0 unspecified atom stereocenters. The van der Waals surface area contributed by atoms with Crippen molar-refractivity contribution in [3.8, 4) is 0 Å². The van der Waals surface area contributed by atoms with Crippen LogP contribution in [-0.4, -0.2) is 58.7 Å². The monoisotopic (exact) mass is 495 g/mol. The first-order valence-corrected chi connectivity index (χ1v) is 12.3. The van der Waals surface area contributed by atoms with E-state index in [1.165, 1.54) is 7.11 Å². The van der Waals surface area contributed by atoms with Gasteiger partial charge in [-0.2, -0.15) is 0 Å². The number of hydrogen-bond donors (Lipinski definition) is 0. The van der Waals surface area contributed by atoms with E-state index >= 15 is 0 Å². The van der Waals surface area contributed by atoms with Gasteiger partial charge in [0.1, 0.15) is 17.5 Å². The third kappa shape index (κ3) is 5.01. The number of hydrogen-bond acceptors (Lipinski definition) is 7. The van der Waals surface area contributed by atoms with Gasteiger partial charge in [-0.15, -0.1) is 0 Å². The Bertz CT molecular complexity index is 1250. The van der Waals surface area contributed by atoms with Crippen LogP contribution >= 0.6 is 0 Å². The van der Waals surface area contributed by atoms with Crippen LogP contribution in [0.2, 0.25) is 0 Å². The molecule has 4 rings (SSSR count). The van der Waals surface area contributed by atoms with E-state index in [1.807, 2.05) is 0 Å². The Morgan fingerprint density at radius 1 is 1.00 bits per heavy atom. The molecule has 1 aliphatic carbocycles. The zero-order valence-corrected chi connectivity index (χ0v) is 21.2. The van der Waals surface area contributed by atoms with E-state index in [-0.39, 0.29) is 30.6 Å². The highest BCUT2D eigenvalue weighted by Crippen LogP contribution is 2.38. The molecule has 0 N–H and O–H groups in total. The molecule has 1 aliphatic rings. The molecule has 1 heterocycles. The number of fused-ring (bicyclic) bond motifs is 3. The van der Waals surface area contributed by atoms with Crippen molar-refractivity contribution in [3.05, 3.63) is 41.5 Å². The largest absolute Gasteiger partial charge is 0.465 e. The third-order valence-corrected chi connectivity index (χ3v) is 7.10. The molecule has 192 valence electrons. The average Bonchev–Trinajstić information content (AvgIpc) is 3.25. The van der Waals surface area contributed by atoms with Crippen molar-refractivity contribution in [2.75, 3.05) is 39.4 Å². The molecule has 0 spiro atoms. The van der Waals surface area contributed by atoms with Crippen molar-refractivity contribution >= 4 is 45.8 Å². The number of anilines is 1. The van der Waals surface area contributed by atoms with E-state index in [0.29, 0.717) is 33.7 Å². The highest BCUT2D eigenvalue weighted by atomic mass is 16.5. The summed E-state index contributed by atoms with van der Waals surface area (Å²) < 4.78 is 22.0. The van der Waals surface area contributed by atoms with E-state index in [9.17, 15) is 14.4 Å². The fourth-order valence-corrected chi connectivity index (χ4v) is 5.16. The lowest BCUT2D eigenvalue weighted by atomic mass is 9.82. The molecule has 2 aromatic carbocycles. The quantitative estimate of drug-likeness (QED) is 0.304. The lowest BCUT2D eigenvalue weighted by molar-refractivity contribution is -0.124. The van der Waals surface area contributed by atoms with Gasteiger partial charge in [0.05, 0.1) is 37.6 Å². The molecule has 1 aromatic heterocycles. The molecule has 0 atom stereocenters. The SMILES string of the molecule is COCC(COC)N(c1cc2c(cc1C(=O)OC)oc1ccc(C=O)cc12)C(=O)[C@H]1CC[C@H](C)CC1. The molecule has 1 fully saturated rings. The van der Waals surface area contributed by atoms with E-state index in [0.717, 1.165) is 37.4 Å². The highest BCUT2D eigenvalue weighted by Gasteiger charge is 2.35. The summed E-state index contributed by atoms with van der Waals surface area (Å²) in [6.45, 7) is 2.66. The zero-order valence-electron chi connectivity index (χ0n) is 21.2. The Morgan fingerprint density at radius 3 is 2.28 bits per heavy atom. The van der Waals surface area contributed by atoms with Crippen LogP contribution in [0.4, 0.5) is 5.69 Å². The van der Waals surface area contributed by atoms with Crippen molar-refractivity contribution in [1.29, 1.82) is 0 Å². The first-order valence-electron chi connectivity index (χ1n) is 12.3. The number of carbonyl (C=O) groups is 3. The summed E-state index contributed by atoms with van der Waals surface area (Å²) in [6.07, 6.45) is 4.31. The minimum Gasteiger partial charge on any atom is -0.465 e. The second-order valence-corrected chi connectivity index (χ2v) is 9.56. The van der Waals surface area contributed by atoms with E-state index in [2.05, 4.69) is 6.92 Å². The normalized spacial score (nSPS) is 18.0. The van der Waals surface area contributed by atoms with Gasteiger partial charge in [0.15, 0.2) is 0 Å². The summed E-state index contributed by atoms with van der Waals surface area (Å²) in [4.78, 5) is 40.1. The second-order valence-electron chi connectivity index (χ2n) is 9.56.